The van der Waals surface area contributed by atoms with Gasteiger partial charge in [-0.15, -0.1) is 0 Å². The first kappa shape index (κ1) is 25.1. The van der Waals surface area contributed by atoms with Gasteiger partial charge in [0.05, 0.1) is 12.7 Å². The van der Waals surface area contributed by atoms with Gasteiger partial charge in [0.1, 0.15) is 17.1 Å². The predicted molar refractivity (Wildman–Crippen MR) is 111 cm³/mol. The number of aliphatic hydroxyl groups excluding tert-OH is 2. The molecule has 30 heavy (non-hydrogen) atoms. The Morgan fingerprint density at radius 1 is 1.13 bits per heavy atom. The van der Waals surface area contributed by atoms with Crippen LogP contribution in [0.2, 0.25) is 0 Å². The van der Waals surface area contributed by atoms with E-state index in [1.807, 2.05) is 20.8 Å². The van der Waals surface area contributed by atoms with E-state index in [1.54, 1.807) is 24.3 Å². The molecule has 0 saturated heterocycles. The molecule has 0 fully saturated rings. The monoisotopic (exact) mass is 419 g/mol. The molecule has 8 heteroatoms. The summed E-state index contributed by atoms with van der Waals surface area (Å²) in [4.78, 5) is 21.2. The second kappa shape index (κ2) is 11.3. The lowest BCUT2D eigenvalue weighted by Crippen LogP contribution is -2.38. The van der Waals surface area contributed by atoms with Crippen molar-refractivity contribution in [2.75, 3.05) is 6.54 Å². The summed E-state index contributed by atoms with van der Waals surface area (Å²) in [6.07, 6.45) is -0.653. The zero-order valence-corrected chi connectivity index (χ0v) is 17.5. The summed E-state index contributed by atoms with van der Waals surface area (Å²) in [6, 6.07) is 10.7. The first-order valence-corrected chi connectivity index (χ1v) is 9.31. The van der Waals surface area contributed by atoms with Crippen molar-refractivity contribution in [2.24, 2.45) is 0 Å². The largest absolute Gasteiger partial charge is 0.508 e. The van der Waals surface area contributed by atoms with Crippen molar-refractivity contribution in [2.45, 2.75) is 45.9 Å². The Morgan fingerprint density at radius 2 is 1.77 bits per heavy atom. The molecule has 2 aromatic rings. The highest BCUT2D eigenvalue weighted by Gasteiger charge is 2.14. The Morgan fingerprint density at radius 3 is 2.30 bits per heavy atom. The van der Waals surface area contributed by atoms with E-state index >= 15 is 0 Å². The lowest BCUT2D eigenvalue weighted by molar-refractivity contribution is -0.131. The molecular weight excluding hydrogens is 390 g/mol. The van der Waals surface area contributed by atoms with E-state index in [0.717, 1.165) is 0 Å². The maximum Gasteiger partial charge on any atom is 0.339 e. The van der Waals surface area contributed by atoms with E-state index in [-0.39, 0.29) is 29.2 Å². The second-order valence-electron chi connectivity index (χ2n) is 7.59. The van der Waals surface area contributed by atoms with Crippen molar-refractivity contribution in [1.82, 2.24) is 5.32 Å². The van der Waals surface area contributed by atoms with Gasteiger partial charge in [-0.25, -0.2) is 4.79 Å². The van der Waals surface area contributed by atoms with Crippen molar-refractivity contribution >= 4 is 11.9 Å². The summed E-state index contributed by atoms with van der Waals surface area (Å²) in [5.41, 5.74) is 1.04. The number of hydrogen-bond donors (Lipinski definition) is 5. The van der Waals surface area contributed by atoms with Gasteiger partial charge in [0, 0.05) is 24.6 Å². The predicted octanol–water partition coefficient (Wildman–Crippen LogP) is 2.62. The number of nitrogens with one attached hydrogen (secondary N) is 1. The van der Waals surface area contributed by atoms with Crippen LogP contribution in [0.3, 0.4) is 0 Å². The van der Waals surface area contributed by atoms with Crippen LogP contribution in [0, 0.1) is 0 Å². The van der Waals surface area contributed by atoms with Gasteiger partial charge >= 0.3 is 11.9 Å². The molecule has 5 N–H and O–H groups in total. The number of benzene rings is 2. The third-order valence-corrected chi connectivity index (χ3v) is 3.86. The van der Waals surface area contributed by atoms with Crippen molar-refractivity contribution in [3.8, 4) is 11.5 Å². The van der Waals surface area contributed by atoms with E-state index < -0.39 is 18.0 Å². The number of aromatic hydroxyl groups is 1. The zero-order valence-electron chi connectivity index (χ0n) is 17.5. The van der Waals surface area contributed by atoms with E-state index in [0.29, 0.717) is 17.7 Å². The summed E-state index contributed by atoms with van der Waals surface area (Å²) in [7, 11) is 0. The number of carbonyl (C=O) groups is 2. The molecule has 0 bridgehead atoms. The van der Waals surface area contributed by atoms with Crippen molar-refractivity contribution < 1.29 is 34.8 Å². The summed E-state index contributed by atoms with van der Waals surface area (Å²) in [5.74, 6) is -1.53. The number of carbonyl (C=O) groups excluding carboxylic acids is 1. The van der Waals surface area contributed by atoms with Gasteiger partial charge < -0.3 is 30.5 Å². The molecule has 8 nitrogen and oxygen atoms in total. The zero-order chi connectivity index (χ0) is 22.9. The van der Waals surface area contributed by atoms with E-state index in [9.17, 15) is 19.8 Å². The Labute approximate surface area is 175 Å². The first-order chi connectivity index (χ1) is 13.9. The molecule has 0 aliphatic carbocycles. The molecule has 0 amide bonds. The number of aliphatic hydroxyl groups is 2. The van der Waals surface area contributed by atoms with E-state index in [1.165, 1.54) is 25.1 Å². The van der Waals surface area contributed by atoms with Gasteiger partial charge in [0.15, 0.2) is 0 Å². The number of carboxylic acids is 1. The van der Waals surface area contributed by atoms with Gasteiger partial charge in [-0.3, -0.25) is 4.79 Å². The smallest absolute Gasteiger partial charge is 0.339 e. The molecule has 0 heterocycles. The Balaban J connectivity index is 0.000000311. The van der Waals surface area contributed by atoms with Crippen LogP contribution in [-0.4, -0.2) is 44.4 Å². The molecule has 0 aliphatic heterocycles. The minimum Gasteiger partial charge on any atom is -0.508 e. The number of phenols is 1. The molecule has 0 saturated carbocycles. The fraction of sp³-hybridized carbons (Fsp3) is 0.364. The first-order valence-electron chi connectivity index (χ1n) is 9.31. The summed E-state index contributed by atoms with van der Waals surface area (Å²) in [5, 5.41) is 40.3. The fourth-order valence-corrected chi connectivity index (χ4v) is 2.35. The molecule has 0 aliphatic rings. The molecule has 2 aromatic carbocycles. The fourth-order valence-electron chi connectivity index (χ4n) is 2.35. The van der Waals surface area contributed by atoms with Gasteiger partial charge in [-0.2, -0.15) is 0 Å². The molecule has 0 radical (unpaired) electrons. The third-order valence-electron chi connectivity index (χ3n) is 3.86. The molecule has 0 aromatic heterocycles. The number of para-hydroxylation sites is 1. The van der Waals surface area contributed by atoms with Gasteiger partial charge in [0.25, 0.3) is 0 Å². The maximum atomic E-state index is 10.6. The molecule has 2 rings (SSSR count). The van der Waals surface area contributed by atoms with Crippen LogP contribution in [0.5, 0.6) is 11.5 Å². The lowest BCUT2D eigenvalue weighted by Gasteiger charge is -2.23. The summed E-state index contributed by atoms with van der Waals surface area (Å²) < 4.78 is 4.69. The second-order valence-corrected chi connectivity index (χ2v) is 7.59. The maximum absolute atomic E-state index is 10.6. The number of ether oxygens (including phenoxy) is 1. The van der Waals surface area contributed by atoms with E-state index in [2.05, 4.69) is 10.1 Å². The number of esters is 1. The number of aromatic carboxylic acids is 1. The number of rotatable bonds is 6. The Bertz CT molecular complexity index is 859. The van der Waals surface area contributed by atoms with Gasteiger partial charge in [0.2, 0.25) is 0 Å². The quantitative estimate of drug-likeness (QED) is 0.356. The van der Waals surface area contributed by atoms with Crippen LogP contribution < -0.4 is 10.1 Å². The minimum absolute atomic E-state index is 0.0160. The Kier molecular flexibility index (Phi) is 9.45. The van der Waals surface area contributed by atoms with Crippen LogP contribution in [0.15, 0.2) is 42.5 Å². The van der Waals surface area contributed by atoms with E-state index in [4.69, 9.17) is 10.2 Å². The summed E-state index contributed by atoms with van der Waals surface area (Å²) >= 11 is 0. The number of hydrogen-bond acceptors (Lipinski definition) is 7. The normalized spacial score (nSPS) is 11.8. The topological polar surface area (TPSA) is 136 Å². The van der Waals surface area contributed by atoms with Crippen LogP contribution in [0.4, 0.5) is 0 Å². The van der Waals surface area contributed by atoms with Crippen LogP contribution in [-0.2, 0) is 11.4 Å². The Hall–Kier alpha value is -2.94. The molecular formula is C22H29NO7. The van der Waals surface area contributed by atoms with Crippen molar-refractivity contribution in [1.29, 1.82) is 0 Å². The van der Waals surface area contributed by atoms with Crippen LogP contribution in [0.25, 0.3) is 0 Å². The number of β-amino-alcohol motifs (C(OH)–C–C–N with tert-alkyl or cyclic N) is 1. The molecule has 1 unspecified atom stereocenters. The molecule has 164 valence electrons. The highest BCUT2D eigenvalue weighted by Crippen LogP contribution is 2.22. The SMILES string of the molecule is CC(=O)Oc1ccccc1C(=O)O.CC(C)(C)NCC(O)c1ccc(O)c(CO)c1. The average Bonchev–Trinajstić information content (AvgIpc) is 2.66. The van der Waals surface area contributed by atoms with Crippen molar-refractivity contribution in [3.63, 3.8) is 0 Å². The molecule has 0 spiro atoms. The van der Waals surface area contributed by atoms with Gasteiger partial charge in [-0.1, -0.05) is 18.2 Å². The average molecular weight is 419 g/mol. The summed E-state index contributed by atoms with van der Waals surface area (Å²) in [6.45, 7) is 7.48. The number of carboxylic acid groups (broad SMARTS) is 1. The highest BCUT2D eigenvalue weighted by molar-refractivity contribution is 5.91. The molecule has 1 atom stereocenters. The van der Waals surface area contributed by atoms with Crippen LogP contribution in [0.1, 0.15) is 55.3 Å². The lowest BCUT2D eigenvalue weighted by atomic mass is 10.0. The highest BCUT2D eigenvalue weighted by atomic mass is 16.5. The van der Waals surface area contributed by atoms with Crippen LogP contribution >= 0.6 is 0 Å². The van der Waals surface area contributed by atoms with Crippen molar-refractivity contribution in [3.05, 3.63) is 59.2 Å². The third kappa shape index (κ3) is 8.60. The standard InChI is InChI=1S/C13H21NO3.C9H8O4/c1-13(2,3)14-7-12(17)9-4-5-11(16)10(6-9)8-15;1-6(10)13-8-5-3-2-4-7(8)9(11)12/h4-6,12,14-17H,7-8H2,1-3H3;2-5H,1H3,(H,11,12). The minimum atomic E-state index is -1.11. The van der Waals surface area contributed by atoms with Gasteiger partial charge in [-0.05, 0) is 50.6 Å².